The van der Waals surface area contributed by atoms with Crippen LogP contribution in [0.4, 0.5) is 0 Å². The maximum atomic E-state index is 13.3. The Morgan fingerprint density at radius 2 is 2.08 bits per heavy atom. The normalized spacial score (nSPS) is 20.8. The van der Waals surface area contributed by atoms with Crippen LogP contribution in [0.15, 0.2) is 42.1 Å². The maximum Gasteiger partial charge on any atom is 0.250 e. The molecule has 1 fully saturated rings. The third-order valence-electron chi connectivity index (χ3n) is 6.47. The van der Waals surface area contributed by atoms with Gasteiger partial charge in [-0.1, -0.05) is 41.4 Å². The van der Waals surface area contributed by atoms with Crippen LogP contribution in [0, 0.1) is 5.92 Å². The number of rotatable bonds is 12. The molecule has 198 valence electrons. The van der Waals surface area contributed by atoms with Crippen molar-refractivity contribution in [3.63, 3.8) is 0 Å². The van der Waals surface area contributed by atoms with Crippen molar-refractivity contribution in [1.29, 1.82) is 0 Å². The number of methoxy groups -OCH3 is 1. The van der Waals surface area contributed by atoms with Crippen LogP contribution in [0.5, 0.6) is 0 Å². The molecule has 10 heteroatoms. The summed E-state index contributed by atoms with van der Waals surface area (Å²) in [7, 11) is 3.39. The molecule has 2 amide bonds. The number of allylic oxidation sites excluding steroid dienone is 2. The second-order valence-electron chi connectivity index (χ2n) is 9.22. The molecule has 1 aromatic carbocycles. The van der Waals surface area contributed by atoms with E-state index in [2.05, 4.69) is 10.2 Å². The molecule has 1 saturated heterocycles. The summed E-state index contributed by atoms with van der Waals surface area (Å²) in [5.74, 6) is -0.302. The van der Waals surface area contributed by atoms with Crippen molar-refractivity contribution in [2.75, 3.05) is 53.6 Å². The lowest BCUT2D eigenvalue weighted by atomic mass is 9.89. The van der Waals surface area contributed by atoms with Crippen molar-refractivity contribution in [3.8, 4) is 0 Å². The average Bonchev–Trinajstić information content (AvgIpc) is 3.27. The van der Waals surface area contributed by atoms with Crippen molar-refractivity contribution >= 4 is 35.0 Å². The summed E-state index contributed by atoms with van der Waals surface area (Å²) in [4.78, 5) is 29.6. The second-order valence-corrected chi connectivity index (χ2v) is 10.0. The number of aliphatic hydroxyl groups is 1. The largest absolute Gasteiger partial charge is 0.392 e. The lowest BCUT2D eigenvalue weighted by Crippen LogP contribution is -2.49. The standard InChI is InChI=1S/C26H35Cl2N3O5/c1-30(26(34)13-18-6-7-22(27)23(28)12-18)24(16-31-9-8-21(32)15-31)19-4-3-5-20(14-19)29-25(33)17-36-11-10-35-2/h3,5-7,12,14,19,21,24,32H,4,8-11,13,15-17H2,1-2H3,(H,29,33). The molecular formula is C26H35Cl2N3O5. The highest BCUT2D eigenvalue weighted by molar-refractivity contribution is 6.42. The smallest absolute Gasteiger partial charge is 0.250 e. The van der Waals surface area contributed by atoms with Crippen LogP contribution in [-0.2, 0) is 25.5 Å². The molecule has 3 atom stereocenters. The first-order valence-corrected chi connectivity index (χ1v) is 12.9. The molecule has 1 aliphatic heterocycles. The summed E-state index contributed by atoms with van der Waals surface area (Å²) in [5, 5.41) is 13.8. The van der Waals surface area contributed by atoms with E-state index in [4.69, 9.17) is 32.7 Å². The fourth-order valence-corrected chi connectivity index (χ4v) is 4.80. The monoisotopic (exact) mass is 539 g/mol. The van der Waals surface area contributed by atoms with Gasteiger partial charge < -0.3 is 24.8 Å². The summed E-state index contributed by atoms with van der Waals surface area (Å²) in [6, 6.07) is 5.06. The molecule has 2 aliphatic rings. The molecule has 3 unspecified atom stereocenters. The van der Waals surface area contributed by atoms with Gasteiger partial charge >= 0.3 is 0 Å². The third kappa shape index (κ3) is 8.57. The molecule has 1 heterocycles. The third-order valence-corrected chi connectivity index (χ3v) is 7.20. The maximum absolute atomic E-state index is 13.3. The number of carbonyl (C=O) groups excluding carboxylic acids is 2. The van der Waals surface area contributed by atoms with E-state index in [1.165, 1.54) is 0 Å². The number of carbonyl (C=O) groups is 2. The molecule has 0 aromatic heterocycles. The molecule has 3 rings (SSSR count). The number of hydrogen-bond acceptors (Lipinski definition) is 6. The zero-order chi connectivity index (χ0) is 26.1. The first-order valence-electron chi connectivity index (χ1n) is 12.1. The van der Waals surface area contributed by atoms with Gasteiger partial charge in [0.05, 0.1) is 41.8 Å². The molecule has 1 aliphatic carbocycles. The molecule has 2 N–H and O–H groups in total. The first-order chi connectivity index (χ1) is 17.3. The predicted molar refractivity (Wildman–Crippen MR) is 140 cm³/mol. The van der Waals surface area contributed by atoms with Crippen molar-refractivity contribution in [1.82, 2.24) is 15.1 Å². The number of nitrogens with zero attached hydrogens (tertiary/aromatic N) is 2. The summed E-state index contributed by atoms with van der Waals surface area (Å²) in [5.41, 5.74) is 1.47. The summed E-state index contributed by atoms with van der Waals surface area (Å²) < 4.78 is 10.2. The molecule has 8 nitrogen and oxygen atoms in total. The van der Waals surface area contributed by atoms with E-state index in [1.54, 1.807) is 30.2 Å². The lowest BCUT2D eigenvalue weighted by molar-refractivity contribution is -0.132. The van der Waals surface area contributed by atoms with E-state index in [9.17, 15) is 14.7 Å². The Kier molecular flexibility index (Phi) is 11.2. The Labute approximate surface area is 222 Å². The van der Waals surface area contributed by atoms with Gasteiger partial charge in [-0.2, -0.15) is 0 Å². The van der Waals surface area contributed by atoms with Gasteiger partial charge in [-0.05, 0) is 36.6 Å². The van der Waals surface area contributed by atoms with Gasteiger partial charge in [0.2, 0.25) is 11.8 Å². The van der Waals surface area contributed by atoms with E-state index in [0.717, 1.165) is 24.9 Å². The Bertz CT molecular complexity index is 971. The van der Waals surface area contributed by atoms with Crippen LogP contribution >= 0.6 is 23.2 Å². The molecule has 0 radical (unpaired) electrons. The quantitative estimate of drug-likeness (QED) is 0.397. The predicted octanol–water partition coefficient (Wildman–Crippen LogP) is 2.67. The van der Waals surface area contributed by atoms with Crippen molar-refractivity contribution in [3.05, 3.63) is 57.7 Å². The highest BCUT2D eigenvalue weighted by Crippen LogP contribution is 2.26. The summed E-state index contributed by atoms with van der Waals surface area (Å²) >= 11 is 12.2. The first kappa shape index (κ1) is 28.6. The van der Waals surface area contributed by atoms with Crippen molar-refractivity contribution in [2.24, 2.45) is 5.92 Å². The van der Waals surface area contributed by atoms with Gasteiger partial charge in [0.15, 0.2) is 0 Å². The van der Waals surface area contributed by atoms with Crippen LogP contribution in [0.3, 0.4) is 0 Å². The van der Waals surface area contributed by atoms with E-state index in [-0.39, 0.29) is 42.9 Å². The van der Waals surface area contributed by atoms with Gasteiger partial charge in [0, 0.05) is 45.4 Å². The van der Waals surface area contributed by atoms with Crippen LogP contribution in [0.2, 0.25) is 10.0 Å². The number of likely N-dealkylation sites (N-methyl/N-ethyl adjacent to an activating group) is 1. The number of nitrogens with one attached hydrogen (secondary N) is 1. The van der Waals surface area contributed by atoms with Crippen LogP contribution in [0.25, 0.3) is 0 Å². The highest BCUT2D eigenvalue weighted by atomic mass is 35.5. The van der Waals surface area contributed by atoms with Gasteiger partial charge in [-0.3, -0.25) is 14.5 Å². The van der Waals surface area contributed by atoms with Gasteiger partial charge in [0.25, 0.3) is 0 Å². The minimum atomic E-state index is -0.349. The van der Waals surface area contributed by atoms with Gasteiger partial charge in [-0.15, -0.1) is 0 Å². The van der Waals surface area contributed by atoms with Crippen molar-refractivity contribution in [2.45, 2.75) is 31.4 Å². The Morgan fingerprint density at radius 3 is 2.78 bits per heavy atom. The Morgan fingerprint density at radius 1 is 1.28 bits per heavy atom. The number of β-amino-alcohol motifs (C(OH)–C–C–N with tert-alkyl or cyclic N) is 1. The second kappa shape index (κ2) is 14.1. The number of halogens is 2. The Hall–Kier alpha value is -1.94. The number of ether oxygens (including phenoxy) is 2. The van der Waals surface area contributed by atoms with E-state index in [0.29, 0.717) is 42.0 Å². The molecule has 0 saturated carbocycles. The topological polar surface area (TPSA) is 91.3 Å². The minimum absolute atomic E-state index is 0.0137. The number of amides is 2. The summed E-state index contributed by atoms with van der Waals surface area (Å²) in [6.07, 6.45) is 7.19. The zero-order valence-corrected chi connectivity index (χ0v) is 22.3. The number of likely N-dealkylation sites (tertiary alicyclic amines) is 1. The Balaban J connectivity index is 1.70. The minimum Gasteiger partial charge on any atom is -0.392 e. The fourth-order valence-electron chi connectivity index (χ4n) is 4.48. The number of hydrogen-bond donors (Lipinski definition) is 2. The molecular weight excluding hydrogens is 505 g/mol. The van der Waals surface area contributed by atoms with E-state index < -0.39 is 0 Å². The fraction of sp³-hybridized carbons (Fsp3) is 0.538. The van der Waals surface area contributed by atoms with Gasteiger partial charge in [-0.25, -0.2) is 0 Å². The van der Waals surface area contributed by atoms with Gasteiger partial charge in [0.1, 0.15) is 6.61 Å². The number of benzene rings is 1. The highest BCUT2D eigenvalue weighted by Gasteiger charge is 2.32. The lowest BCUT2D eigenvalue weighted by Gasteiger charge is -2.37. The van der Waals surface area contributed by atoms with Crippen molar-refractivity contribution < 1.29 is 24.2 Å². The molecule has 1 aromatic rings. The molecule has 0 spiro atoms. The van der Waals surface area contributed by atoms with Crippen LogP contribution in [0.1, 0.15) is 18.4 Å². The van der Waals surface area contributed by atoms with E-state index in [1.807, 2.05) is 25.3 Å². The SMILES string of the molecule is COCCOCC(=O)NC1=CC(C(CN2CCC(O)C2)N(C)C(=O)Cc2ccc(Cl)c(Cl)c2)CC=C1. The molecule has 36 heavy (non-hydrogen) atoms. The van der Waals surface area contributed by atoms with Crippen LogP contribution < -0.4 is 5.32 Å². The van der Waals surface area contributed by atoms with Crippen LogP contribution in [-0.4, -0.2) is 92.5 Å². The number of aliphatic hydroxyl groups excluding tert-OH is 1. The zero-order valence-electron chi connectivity index (χ0n) is 20.8. The molecule has 0 bridgehead atoms. The van der Waals surface area contributed by atoms with E-state index >= 15 is 0 Å². The average molecular weight is 540 g/mol. The summed E-state index contributed by atoms with van der Waals surface area (Å²) in [6.45, 7) is 2.69.